The van der Waals surface area contributed by atoms with Gasteiger partial charge < -0.3 is 20.3 Å². The quantitative estimate of drug-likeness (QED) is 0.329. The number of hydrogen-bond acceptors (Lipinski definition) is 3. The Hall–Kier alpha value is -0.570. The summed E-state index contributed by atoms with van der Waals surface area (Å²) < 4.78 is 5.65. The number of rotatable bonds is 6. The van der Waals surface area contributed by atoms with Gasteiger partial charge in [0.25, 0.3) is 0 Å². The summed E-state index contributed by atoms with van der Waals surface area (Å²) in [6.45, 7) is 8.16. The minimum Gasteiger partial charge on any atom is -0.381 e. The molecular formula is C22H36ClIN4O. The van der Waals surface area contributed by atoms with E-state index in [4.69, 9.17) is 16.3 Å². The third kappa shape index (κ3) is 6.71. The van der Waals surface area contributed by atoms with Gasteiger partial charge in [0, 0.05) is 56.4 Å². The van der Waals surface area contributed by atoms with Crippen molar-refractivity contribution >= 4 is 41.5 Å². The van der Waals surface area contributed by atoms with Crippen molar-refractivity contribution in [1.82, 2.24) is 15.5 Å². The first-order valence-electron chi connectivity index (χ1n) is 10.7. The number of hydrogen-bond donors (Lipinski definition) is 2. The molecule has 1 aromatic rings. The van der Waals surface area contributed by atoms with Crippen LogP contribution in [0.4, 0.5) is 0 Å². The number of nitrogens with zero attached hydrogens (tertiary/aromatic N) is 2. The molecule has 2 N–H and O–H groups in total. The fourth-order valence-corrected chi connectivity index (χ4v) is 4.79. The summed E-state index contributed by atoms with van der Waals surface area (Å²) in [6, 6.07) is 8.72. The Morgan fingerprint density at radius 3 is 2.55 bits per heavy atom. The first kappa shape index (κ1) is 24.7. The zero-order chi connectivity index (χ0) is 19.8. The van der Waals surface area contributed by atoms with Crippen LogP contribution < -0.4 is 10.6 Å². The summed E-state index contributed by atoms with van der Waals surface area (Å²) in [5.74, 6) is 0.895. The van der Waals surface area contributed by atoms with E-state index in [0.717, 1.165) is 43.6 Å². The zero-order valence-corrected chi connectivity index (χ0v) is 20.8. The third-order valence-electron chi connectivity index (χ3n) is 6.18. The number of guanidine groups is 1. The van der Waals surface area contributed by atoms with Gasteiger partial charge in [0.2, 0.25) is 0 Å². The topological polar surface area (TPSA) is 48.9 Å². The Balaban J connectivity index is 0.00000300. The average Bonchev–Trinajstić information content (AvgIpc) is 2.73. The molecule has 0 spiro atoms. The summed E-state index contributed by atoms with van der Waals surface area (Å²) in [6.07, 6.45) is 5.51. The lowest BCUT2D eigenvalue weighted by atomic mass is 9.74. The number of piperidine rings is 1. The lowest BCUT2D eigenvalue weighted by molar-refractivity contribution is 0.0514. The standard InChI is InChI=1S/C22H35ClN4O.HI/c1-3-12-27-13-8-18(9-14-27)26-21(24-2)25-17-22(10-15-28-16-11-22)19-6-4-5-7-20(19)23;/h4-7,18H,3,8-17H2,1-2H3,(H2,24,25,26);1H. The fourth-order valence-electron chi connectivity index (χ4n) is 4.45. The third-order valence-corrected chi connectivity index (χ3v) is 6.51. The molecule has 3 rings (SSSR count). The molecule has 2 fully saturated rings. The van der Waals surface area contributed by atoms with Crippen LogP contribution in [-0.2, 0) is 10.2 Å². The molecule has 0 aromatic heterocycles. The maximum atomic E-state index is 6.57. The second-order valence-corrected chi connectivity index (χ2v) is 8.47. The number of halogens is 2. The van der Waals surface area contributed by atoms with Crippen molar-refractivity contribution in [3.8, 4) is 0 Å². The molecule has 0 atom stereocenters. The normalized spacial score (nSPS) is 20.7. The molecule has 29 heavy (non-hydrogen) atoms. The first-order chi connectivity index (χ1) is 13.7. The molecule has 164 valence electrons. The highest BCUT2D eigenvalue weighted by Gasteiger charge is 2.36. The molecule has 2 aliphatic heterocycles. The van der Waals surface area contributed by atoms with E-state index >= 15 is 0 Å². The summed E-state index contributed by atoms with van der Waals surface area (Å²) in [4.78, 5) is 7.04. The molecule has 0 radical (unpaired) electrons. The minimum absolute atomic E-state index is 0. The molecule has 0 amide bonds. The second kappa shape index (κ2) is 12.3. The van der Waals surface area contributed by atoms with Crippen molar-refractivity contribution in [3.63, 3.8) is 0 Å². The van der Waals surface area contributed by atoms with E-state index in [-0.39, 0.29) is 29.4 Å². The number of nitrogens with one attached hydrogen (secondary N) is 2. The minimum atomic E-state index is -0.0152. The van der Waals surface area contributed by atoms with Crippen molar-refractivity contribution in [1.29, 1.82) is 0 Å². The number of ether oxygens (including phenoxy) is 1. The van der Waals surface area contributed by atoms with E-state index in [1.54, 1.807) is 0 Å². The van der Waals surface area contributed by atoms with Crippen LogP contribution in [0.3, 0.4) is 0 Å². The highest BCUT2D eigenvalue weighted by molar-refractivity contribution is 14.0. The van der Waals surface area contributed by atoms with Gasteiger partial charge in [-0.25, -0.2) is 0 Å². The van der Waals surface area contributed by atoms with Crippen LogP contribution in [0.2, 0.25) is 5.02 Å². The number of likely N-dealkylation sites (tertiary alicyclic amines) is 1. The fraction of sp³-hybridized carbons (Fsp3) is 0.682. The summed E-state index contributed by atoms with van der Waals surface area (Å²) >= 11 is 6.57. The monoisotopic (exact) mass is 534 g/mol. The molecule has 1 aromatic carbocycles. The van der Waals surface area contributed by atoms with E-state index in [9.17, 15) is 0 Å². The highest BCUT2D eigenvalue weighted by Crippen LogP contribution is 2.38. The summed E-state index contributed by atoms with van der Waals surface area (Å²) in [7, 11) is 1.85. The SMILES string of the molecule is CCCN1CCC(NC(=NC)NCC2(c3ccccc3Cl)CCOCC2)CC1.I. The maximum absolute atomic E-state index is 6.57. The van der Waals surface area contributed by atoms with E-state index < -0.39 is 0 Å². The van der Waals surface area contributed by atoms with Crippen molar-refractivity contribution in [2.24, 2.45) is 4.99 Å². The van der Waals surface area contributed by atoms with Gasteiger partial charge in [-0.1, -0.05) is 36.7 Å². The van der Waals surface area contributed by atoms with Crippen molar-refractivity contribution < 1.29 is 4.74 Å². The summed E-state index contributed by atoms with van der Waals surface area (Å²) in [5, 5.41) is 8.08. The van der Waals surface area contributed by atoms with Gasteiger partial charge in [0.05, 0.1) is 0 Å². The predicted octanol–water partition coefficient (Wildman–Crippen LogP) is 4.05. The molecule has 0 bridgehead atoms. The Morgan fingerprint density at radius 1 is 1.24 bits per heavy atom. The molecule has 0 unspecified atom stereocenters. The van der Waals surface area contributed by atoms with Gasteiger partial charge in [-0.2, -0.15) is 0 Å². The van der Waals surface area contributed by atoms with Crippen LogP contribution in [0, 0.1) is 0 Å². The smallest absolute Gasteiger partial charge is 0.191 e. The molecule has 2 heterocycles. The lowest BCUT2D eigenvalue weighted by Gasteiger charge is -2.39. The van der Waals surface area contributed by atoms with E-state index in [1.807, 2.05) is 19.2 Å². The van der Waals surface area contributed by atoms with Gasteiger partial charge in [-0.15, -0.1) is 24.0 Å². The first-order valence-corrected chi connectivity index (χ1v) is 11.1. The van der Waals surface area contributed by atoms with Gasteiger partial charge in [-0.05, 0) is 50.3 Å². The van der Waals surface area contributed by atoms with Gasteiger partial charge in [-0.3, -0.25) is 4.99 Å². The average molecular weight is 535 g/mol. The van der Waals surface area contributed by atoms with Gasteiger partial charge >= 0.3 is 0 Å². The molecule has 2 saturated heterocycles. The van der Waals surface area contributed by atoms with E-state index in [2.05, 4.69) is 39.6 Å². The molecular weight excluding hydrogens is 499 g/mol. The molecule has 2 aliphatic rings. The summed E-state index contributed by atoms with van der Waals surface area (Å²) in [5.41, 5.74) is 1.20. The van der Waals surface area contributed by atoms with Crippen molar-refractivity contribution in [2.75, 3.05) is 46.4 Å². The number of benzene rings is 1. The molecule has 5 nitrogen and oxygen atoms in total. The van der Waals surface area contributed by atoms with Crippen LogP contribution >= 0.6 is 35.6 Å². The molecule has 7 heteroatoms. The predicted molar refractivity (Wildman–Crippen MR) is 133 cm³/mol. The molecule has 0 saturated carbocycles. The largest absolute Gasteiger partial charge is 0.381 e. The Morgan fingerprint density at radius 2 is 1.93 bits per heavy atom. The zero-order valence-electron chi connectivity index (χ0n) is 17.8. The van der Waals surface area contributed by atoms with Crippen molar-refractivity contribution in [2.45, 2.75) is 50.5 Å². The van der Waals surface area contributed by atoms with E-state index in [1.165, 1.54) is 44.5 Å². The van der Waals surface area contributed by atoms with Crippen LogP contribution in [0.1, 0.15) is 44.6 Å². The van der Waals surface area contributed by atoms with Crippen LogP contribution in [0.25, 0.3) is 0 Å². The van der Waals surface area contributed by atoms with Crippen molar-refractivity contribution in [3.05, 3.63) is 34.9 Å². The van der Waals surface area contributed by atoms with E-state index in [0.29, 0.717) is 6.04 Å². The van der Waals surface area contributed by atoms with Crippen LogP contribution in [0.15, 0.2) is 29.3 Å². The lowest BCUT2D eigenvalue weighted by Crippen LogP contribution is -2.52. The second-order valence-electron chi connectivity index (χ2n) is 8.06. The van der Waals surface area contributed by atoms with Gasteiger partial charge in [0.1, 0.15) is 0 Å². The Kier molecular flexibility index (Phi) is 10.5. The highest BCUT2D eigenvalue weighted by atomic mass is 127. The Bertz CT molecular complexity index is 643. The maximum Gasteiger partial charge on any atom is 0.191 e. The number of aliphatic imine (C=N–C) groups is 1. The molecule has 0 aliphatic carbocycles. The van der Waals surface area contributed by atoms with Gasteiger partial charge in [0.15, 0.2) is 5.96 Å². The Labute approximate surface area is 198 Å². The van der Waals surface area contributed by atoms with Crippen LogP contribution in [0.5, 0.6) is 0 Å². The van der Waals surface area contributed by atoms with Crippen LogP contribution in [-0.4, -0.2) is 63.3 Å².